The zero-order chi connectivity index (χ0) is 18.7. The second-order valence-electron chi connectivity index (χ2n) is 6.16. The van der Waals surface area contributed by atoms with E-state index in [1.165, 1.54) is 18.2 Å². The van der Waals surface area contributed by atoms with E-state index in [0.29, 0.717) is 30.8 Å². The zero-order valence-electron chi connectivity index (χ0n) is 14.0. The number of amides is 2. The summed E-state index contributed by atoms with van der Waals surface area (Å²) in [7, 11) is 0. The zero-order valence-corrected chi connectivity index (χ0v) is 14.0. The van der Waals surface area contributed by atoms with Crippen LogP contribution in [0.2, 0.25) is 0 Å². The van der Waals surface area contributed by atoms with Crippen molar-refractivity contribution in [3.8, 4) is 0 Å². The molecule has 1 saturated carbocycles. The number of para-hydroxylation sites is 1. The number of hydrogen-bond donors (Lipinski definition) is 3. The molecule has 26 heavy (non-hydrogen) atoms. The van der Waals surface area contributed by atoms with Crippen LogP contribution in [0.4, 0.5) is 14.5 Å². The first-order valence-corrected chi connectivity index (χ1v) is 8.35. The summed E-state index contributed by atoms with van der Waals surface area (Å²) in [4.78, 5) is 24.6. The van der Waals surface area contributed by atoms with Gasteiger partial charge in [-0.25, -0.2) is 8.78 Å². The van der Waals surface area contributed by atoms with E-state index in [9.17, 15) is 18.4 Å². The SMILES string of the molecule is NCCNC(=O)c1ccccc1NC(=O)C1CC1c1c(F)cccc1F. The summed E-state index contributed by atoms with van der Waals surface area (Å²) in [5, 5.41) is 5.33. The van der Waals surface area contributed by atoms with Crippen molar-refractivity contribution < 1.29 is 18.4 Å². The molecule has 1 aliphatic carbocycles. The molecule has 2 aromatic rings. The standard InChI is InChI=1S/C19H19F2N3O2/c20-14-5-3-6-15(21)17(14)12-10-13(12)19(26)24-16-7-2-1-4-11(16)18(25)23-9-8-22/h1-7,12-13H,8-10,22H2,(H,23,25)(H,24,26). The second kappa shape index (κ2) is 7.61. The normalized spacial score (nSPS) is 18.3. The van der Waals surface area contributed by atoms with Crippen molar-refractivity contribution in [2.24, 2.45) is 11.7 Å². The number of nitrogens with two attached hydrogens (primary N) is 1. The minimum absolute atomic E-state index is 0.0541. The van der Waals surface area contributed by atoms with Gasteiger partial charge in [0.05, 0.1) is 11.3 Å². The van der Waals surface area contributed by atoms with Crippen LogP contribution < -0.4 is 16.4 Å². The summed E-state index contributed by atoms with van der Waals surface area (Å²) in [6, 6.07) is 10.2. The molecule has 5 nitrogen and oxygen atoms in total. The Balaban J connectivity index is 1.71. The Hall–Kier alpha value is -2.80. The van der Waals surface area contributed by atoms with Gasteiger partial charge in [-0.3, -0.25) is 9.59 Å². The molecule has 2 amide bonds. The van der Waals surface area contributed by atoms with Gasteiger partial charge in [0, 0.05) is 30.5 Å². The molecule has 0 aromatic heterocycles. The van der Waals surface area contributed by atoms with Crippen LogP contribution in [0.3, 0.4) is 0 Å². The predicted octanol–water partition coefficient (Wildman–Crippen LogP) is 2.40. The molecule has 3 rings (SSSR count). The van der Waals surface area contributed by atoms with Crippen molar-refractivity contribution in [3.05, 3.63) is 65.2 Å². The average molecular weight is 359 g/mol. The topological polar surface area (TPSA) is 84.2 Å². The summed E-state index contributed by atoms with van der Waals surface area (Å²) >= 11 is 0. The predicted molar refractivity (Wildman–Crippen MR) is 93.7 cm³/mol. The number of anilines is 1. The van der Waals surface area contributed by atoms with Gasteiger partial charge in [0.1, 0.15) is 11.6 Å². The second-order valence-corrected chi connectivity index (χ2v) is 6.16. The van der Waals surface area contributed by atoms with Gasteiger partial charge in [0.2, 0.25) is 5.91 Å². The van der Waals surface area contributed by atoms with Crippen LogP contribution in [0, 0.1) is 17.6 Å². The fourth-order valence-corrected chi connectivity index (χ4v) is 2.97. The first-order chi connectivity index (χ1) is 12.5. The highest BCUT2D eigenvalue weighted by Gasteiger charge is 2.46. The smallest absolute Gasteiger partial charge is 0.253 e. The van der Waals surface area contributed by atoms with E-state index in [2.05, 4.69) is 10.6 Å². The van der Waals surface area contributed by atoms with Gasteiger partial charge in [-0.15, -0.1) is 0 Å². The number of halogens is 2. The van der Waals surface area contributed by atoms with Gasteiger partial charge in [0.15, 0.2) is 0 Å². The quantitative estimate of drug-likeness (QED) is 0.740. The highest BCUT2D eigenvalue weighted by atomic mass is 19.1. The maximum atomic E-state index is 13.9. The highest BCUT2D eigenvalue weighted by molar-refractivity contribution is 6.04. The number of hydrogen-bond acceptors (Lipinski definition) is 3. The molecule has 0 spiro atoms. The van der Waals surface area contributed by atoms with Crippen molar-refractivity contribution >= 4 is 17.5 Å². The Morgan fingerprint density at radius 1 is 1.08 bits per heavy atom. The molecule has 136 valence electrons. The van der Waals surface area contributed by atoms with Crippen LogP contribution in [0.15, 0.2) is 42.5 Å². The Morgan fingerprint density at radius 3 is 2.46 bits per heavy atom. The van der Waals surface area contributed by atoms with E-state index in [-0.39, 0.29) is 17.4 Å². The maximum absolute atomic E-state index is 13.9. The van der Waals surface area contributed by atoms with Crippen molar-refractivity contribution in [1.29, 1.82) is 0 Å². The van der Waals surface area contributed by atoms with E-state index >= 15 is 0 Å². The Kier molecular flexibility index (Phi) is 5.27. The van der Waals surface area contributed by atoms with Crippen LogP contribution in [-0.4, -0.2) is 24.9 Å². The molecule has 2 aromatic carbocycles. The van der Waals surface area contributed by atoms with Crippen molar-refractivity contribution in [2.75, 3.05) is 18.4 Å². The lowest BCUT2D eigenvalue weighted by Gasteiger charge is -2.11. The lowest BCUT2D eigenvalue weighted by molar-refractivity contribution is -0.117. The van der Waals surface area contributed by atoms with Crippen molar-refractivity contribution in [1.82, 2.24) is 5.32 Å². The minimum Gasteiger partial charge on any atom is -0.351 e. The largest absolute Gasteiger partial charge is 0.351 e. The summed E-state index contributed by atoms with van der Waals surface area (Å²) in [5.41, 5.74) is 5.98. The fraction of sp³-hybridized carbons (Fsp3) is 0.263. The third kappa shape index (κ3) is 3.72. The van der Waals surface area contributed by atoms with Gasteiger partial charge in [0.25, 0.3) is 5.91 Å². The van der Waals surface area contributed by atoms with Crippen LogP contribution in [-0.2, 0) is 4.79 Å². The first-order valence-electron chi connectivity index (χ1n) is 8.35. The summed E-state index contributed by atoms with van der Waals surface area (Å²) in [5.74, 6) is -3.02. The van der Waals surface area contributed by atoms with E-state index in [1.807, 2.05) is 0 Å². The number of carbonyl (C=O) groups excluding carboxylic acids is 2. The molecule has 2 unspecified atom stereocenters. The van der Waals surface area contributed by atoms with Crippen LogP contribution in [0.5, 0.6) is 0 Å². The average Bonchev–Trinajstić information content (AvgIpc) is 3.40. The van der Waals surface area contributed by atoms with E-state index in [0.717, 1.165) is 0 Å². The van der Waals surface area contributed by atoms with Gasteiger partial charge in [-0.1, -0.05) is 18.2 Å². The molecule has 0 aliphatic heterocycles. The molecule has 1 aliphatic rings. The molecular weight excluding hydrogens is 340 g/mol. The lowest BCUT2D eigenvalue weighted by atomic mass is 10.1. The molecule has 2 atom stereocenters. The number of nitrogens with one attached hydrogen (secondary N) is 2. The number of carbonyl (C=O) groups is 2. The van der Waals surface area contributed by atoms with Crippen molar-refractivity contribution in [3.63, 3.8) is 0 Å². The number of rotatable bonds is 6. The fourth-order valence-electron chi connectivity index (χ4n) is 2.97. The molecule has 0 heterocycles. The third-order valence-corrected chi connectivity index (χ3v) is 4.36. The van der Waals surface area contributed by atoms with Gasteiger partial charge in [-0.05, 0) is 30.7 Å². The summed E-state index contributed by atoms with van der Waals surface area (Å²) < 4.78 is 27.7. The lowest BCUT2D eigenvalue weighted by Crippen LogP contribution is -2.30. The van der Waals surface area contributed by atoms with Gasteiger partial charge in [-0.2, -0.15) is 0 Å². The Morgan fingerprint density at radius 2 is 1.77 bits per heavy atom. The molecule has 7 heteroatoms. The van der Waals surface area contributed by atoms with Crippen LogP contribution in [0.1, 0.15) is 28.3 Å². The molecular formula is C19H19F2N3O2. The first kappa shape index (κ1) is 18.0. The van der Waals surface area contributed by atoms with E-state index < -0.39 is 23.5 Å². The molecule has 1 fully saturated rings. The summed E-state index contributed by atoms with van der Waals surface area (Å²) in [6.07, 6.45) is 0.366. The van der Waals surface area contributed by atoms with E-state index in [1.54, 1.807) is 24.3 Å². The molecule has 0 saturated heterocycles. The Bertz CT molecular complexity index is 821. The van der Waals surface area contributed by atoms with Gasteiger partial charge >= 0.3 is 0 Å². The van der Waals surface area contributed by atoms with Crippen LogP contribution >= 0.6 is 0 Å². The maximum Gasteiger partial charge on any atom is 0.253 e. The number of benzene rings is 2. The minimum atomic E-state index is -0.646. The monoisotopic (exact) mass is 359 g/mol. The molecule has 0 bridgehead atoms. The van der Waals surface area contributed by atoms with Crippen LogP contribution in [0.25, 0.3) is 0 Å². The molecule has 0 radical (unpaired) electrons. The highest BCUT2D eigenvalue weighted by Crippen LogP contribution is 2.49. The third-order valence-electron chi connectivity index (χ3n) is 4.36. The van der Waals surface area contributed by atoms with Gasteiger partial charge < -0.3 is 16.4 Å². The van der Waals surface area contributed by atoms with Crippen molar-refractivity contribution in [2.45, 2.75) is 12.3 Å². The molecule has 4 N–H and O–H groups in total. The van der Waals surface area contributed by atoms with E-state index in [4.69, 9.17) is 5.73 Å². The summed E-state index contributed by atoms with van der Waals surface area (Å²) in [6.45, 7) is 0.622. The Labute approximate surface area is 149 Å².